The Labute approximate surface area is 79.0 Å². The van der Waals surface area contributed by atoms with Gasteiger partial charge in [-0.2, -0.15) is 0 Å². The molecular formula is C8H7ClO4. The van der Waals surface area contributed by atoms with Gasteiger partial charge in [0.05, 0.1) is 17.0 Å². The average Bonchev–Trinajstić information content (AvgIpc) is 2.03. The number of carboxylic acids is 1. The first-order valence-electron chi connectivity index (χ1n) is 3.40. The molecule has 0 spiro atoms. The van der Waals surface area contributed by atoms with Crippen molar-refractivity contribution in [3.63, 3.8) is 0 Å². The first-order chi connectivity index (χ1) is 6.06. The third kappa shape index (κ3) is 1.84. The number of rotatable bonds is 2. The smallest absolute Gasteiger partial charge is 0.335 e. The van der Waals surface area contributed by atoms with Gasteiger partial charge in [0.25, 0.3) is 0 Å². The van der Waals surface area contributed by atoms with Gasteiger partial charge in [0.1, 0.15) is 11.5 Å². The fourth-order valence-electron chi connectivity index (χ4n) is 0.902. The molecule has 0 fully saturated rings. The summed E-state index contributed by atoms with van der Waals surface area (Å²) >= 11 is 5.40. The van der Waals surface area contributed by atoms with E-state index < -0.39 is 5.97 Å². The third-order valence-corrected chi connectivity index (χ3v) is 1.85. The molecule has 3 N–H and O–H groups in total. The number of alkyl halides is 1. The maximum Gasteiger partial charge on any atom is 0.335 e. The topological polar surface area (TPSA) is 77.8 Å². The fraction of sp³-hybridized carbons (Fsp3) is 0.125. The van der Waals surface area contributed by atoms with Crippen LogP contribution in [0.5, 0.6) is 11.5 Å². The number of hydrogen-bond donors (Lipinski definition) is 3. The molecule has 0 heterocycles. The van der Waals surface area contributed by atoms with Crippen molar-refractivity contribution < 1.29 is 20.1 Å². The Balaban J connectivity index is 3.28. The Morgan fingerprint density at radius 3 is 2.08 bits per heavy atom. The summed E-state index contributed by atoms with van der Waals surface area (Å²) in [7, 11) is 0. The van der Waals surface area contributed by atoms with E-state index in [1.165, 1.54) is 0 Å². The van der Waals surface area contributed by atoms with Crippen molar-refractivity contribution in [2.75, 3.05) is 0 Å². The second kappa shape index (κ2) is 3.53. The van der Waals surface area contributed by atoms with E-state index in [9.17, 15) is 15.0 Å². The lowest BCUT2D eigenvalue weighted by Gasteiger charge is -2.04. The molecule has 0 saturated carbocycles. The largest absolute Gasteiger partial charge is 0.507 e. The summed E-state index contributed by atoms with van der Waals surface area (Å²) in [4.78, 5) is 10.4. The van der Waals surface area contributed by atoms with Crippen molar-refractivity contribution in [2.24, 2.45) is 0 Å². The van der Waals surface area contributed by atoms with Gasteiger partial charge in [0.2, 0.25) is 0 Å². The summed E-state index contributed by atoms with van der Waals surface area (Å²) in [6.07, 6.45) is 0. The molecule has 4 nitrogen and oxygen atoms in total. The van der Waals surface area contributed by atoms with Crippen LogP contribution in [0.4, 0.5) is 0 Å². The maximum absolute atomic E-state index is 10.4. The molecule has 1 rings (SSSR count). The fourth-order valence-corrected chi connectivity index (χ4v) is 1.18. The molecule has 13 heavy (non-hydrogen) atoms. The Morgan fingerprint density at radius 1 is 1.31 bits per heavy atom. The summed E-state index contributed by atoms with van der Waals surface area (Å²) in [6.45, 7) is 0. The van der Waals surface area contributed by atoms with Gasteiger partial charge in [0.15, 0.2) is 0 Å². The van der Waals surface area contributed by atoms with Crippen molar-refractivity contribution in [1.29, 1.82) is 0 Å². The van der Waals surface area contributed by atoms with Crippen LogP contribution in [-0.2, 0) is 5.88 Å². The minimum absolute atomic E-state index is 0.0719. The molecular weight excluding hydrogens is 196 g/mol. The molecule has 0 aliphatic heterocycles. The summed E-state index contributed by atoms with van der Waals surface area (Å²) < 4.78 is 0. The molecule has 1 aromatic carbocycles. The molecule has 5 heteroatoms. The van der Waals surface area contributed by atoms with E-state index in [0.717, 1.165) is 12.1 Å². The molecule has 0 aliphatic carbocycles. The van der Waals surface area contributed by atoms with Crippen molar-refractivity contribution in [3.8, 4) is 11.5 Å². The number of carboxylic acid groups (broad SMARTS) is 1. The lowest BCUT2D eigenvalue weighted by molar-refractivity contribution is 0.0696. The third-order valence-electron chi connectivity index (χ3n) is 1.58. The van der Waals surface area contributed by atoms with E-state index >= 15 is 0 Å². The number of benzene rings is 1. The molecule has 70 valence electrons. The van der Waals surface area contributed by atoms with Crippen LogP contribution >= 0.6 is 11.6 Å². The SMILES string of the molecule is O=C(O)c1cc(O)c(CCl)c(O)c1. The Bertz CT molecular complexity index is 325. The molecule has 0 unspecified atom stereocenters. The zero-order valence-electron chi connectivity index (χ0n) is 6.49. The lowest BCUT2D eigenvalue weighted by atomic mass is 10.1. The highest BCUT2D eigenvalue weighted by Crippen LogP contribution is 2.29. The second-order valence-electron chi connectivity index (χ2n) is 2.43. The Morgan fingerprint density at radius 2 is 1.77 bits per heavy atom. The highest BCUT2D eigenvalue weighted by molar-refractivity contribution is 6.17. The highest BCUT2D eigenvalue weighted by Gasteiger charge is 2.12. The van der Waals surface area contributed by atoms with Gasteiger partial charge in [-0.1, -0.05) is 0 Å². The monoisotopic (exact) mass is 202 g/mol. The van der Waals surface area contributed by atoms with Gasteiger partial charge in [-0.15, -0.1) is 11.6 Å². The number of phenols is 2. The van der Waals surface area contributed by atoms with Gasteiger partial charge in [-0.3, -0.25) is 0 Å². The van der Waals surface area contributed by atoms with Crippen LogP contribution in [0.2, 0.25) is 0 Å². The second-order valence-corrected chi connectivity index (χ2v) is 2.70. The van der Waals surface area contributed by atoms with Crippen LogP contribution in [0.1, 0.15) is 15.9 Å². The van der Waals surface area contributed by atoms with Gasteiger partial charge in [0, 0.05) is 0 Å². The first kappa shape index (κ1) is 9.67. The van der Waals surface area contributed by atoms with Gasteiger partial charge < -0.3 is 15.3 Å². The molecule has 0 amide bonds. The Hall–Kier alpha value is -1.42. The zero-order valence-corrected chi connectivity index (χ0v) is 7.25. The minimum Gasteiger partial charge on any atom is -0.507 e. The van der Waals surface area contributed by atoms with Crippen molar-refractivity contribution >= 4 is 17.6 Å². The summed E-state index contributed by atoms with van der Waals surface area (Å²) in [6, 6.07) is 2.08. The normalized spacial score (nSPS) is 9.92. The van der Waals surface area contributed by atoms with Crippen molar-refractivity contribution in [1.82, 2.24) is 0 Å². The minimum atomic E-state index is -1.22. The van der Waals surface area contributed by atoms with Crippen LogP contribution in [0.3, 0.4) is 0 Å². The highest BCUT2D eigenvalue weighted by atomic mass is 35.5. The van der Waals surface area contributed by atoms with Crippen molar-refractivity contribution in [2.45, 2.75) is 5.88 Å². The van der Waals surface area contributed by atoms with E-state index in [1.54, 1.807) is 0 Å². The van der Waals surface area contributed by atoms with Gasteiger partial charge in [-0.25, -0.2) is 4.79 Å². The standard InChI is InChI=1S/C8H7ClO4/c9-3-5-6(10)1-4(8(12)13)2-7(5)11/h1-2,10-11H,3H2,(H,12,13). The number of aromatic hydroxyl groups is 2. The van der Waals surface area contributed by atoms with E-state index in [1.807, 2.05) is 0 Å². The van der Waals surface area contributed by atoms with Crippen LogP contribution < -0.4 is 0 Å². The van der Waals surface area contributed by atoms with E-state index in [0.29, 0.717) is 0 Å². The summed E-state index contributed by atoms with van der Waals surface area (Å²) in [5, 5.41) is 27.0. The first-order valence-corrected chi connectivity index (χ1v) is 3.93. The van der Waals surface area contributed by atoms with E-state index in [-0.39, 0.29) is 28.5 Å². The quantitative estimate of drug-likeness (QED) is 0.636. The Kier molecular flexibility index (Phi) is 2.63. The molecule has 1 aromatic rings. The van der Waals surface area contributed by atoms with Crippen LogP contribution in [0.25, 0.3) is 0 Å². The predicted octanol–water partition coefficient (Wildman–Crippen LogP) is 1.53. The van der Waals surface area contributed by atoms with E-state index in [4.69, 9.17) is 16.7 Å². The average molecular weight is 203 g/mol. The number of carbonyl (C=O) groups is 1. The lowest BCUT2D eigenvalue weighted by Crippen LogP contribution is -1.96. The number of phenolic OH excluding ortho intramolecular Hbond substituents is 2. The summed E-state index contributed by atoms with van der Waals surface area (Å²) in [5.41, 5.74) is -0.0458. The molecule has 0 aliphatic rings. The summed E-state index contributed by atoms with van der Waals surface area (Å²) in [5.74, 6) is -1.91. The predicted molar refractivity (Wildman–Crippen MR) is 46.3 cm³/mol. The van der Waals surface area contributed by atoms with Crippen LogP contribution in [-0.4, -0.2) is 21.3 Å². The number of aromatic carboxylic acids is 1. The molecule has 0 bridgehead atoms. The molecule has 0 saturated heterocycles. The van der Waals surface area contributed by atoms with Gasteiger partial charge in [-0.05, 0) is 12.1 Å². The van der Waals surface area contributed by atoms with E-state index in [2.05, 4.69) is 0 Å². The molecule has 0 radical (unpaired) electrons. The maximum atomic E-state index is 10.4. The van der Waals surface area contributed by atoms with Crippen molar-refractivity contribution in [3.05, 3.63) is 23.3 Å². The number of hydrogen-bond acceptors (Lipinski definition) is 3. The number of halogens is 1. The zero-order chi connectivity index (χ0) is 10.0. The van der Waals surface area contributed by atoms with Crippen LogP contribution in [0, 0.1) is 0 Å². The van der Waals surface area contributed by atoms with Gasteiger partial charge >= 0.3 is 5.97 Å². The molecule has 0 aromatic heterocycles. The van der Waals surface area contributed by atoms with Crippen LogP contribution in [0.15, 0.2) is 12.1 Å². The molecule has 0 atom stereocenters.